The first-order chi connectivity index (χ1) is 12.7. The molecule has 134 valence electrons. The van der Waals surface area contributed by atoms with Crippen LogP contribution in [0.4, 0.5) is 0 Å². The molecule has 3 aromatic rings. The Morgan fingerprint density at radius 2 is 1.96 bits per heavy atom. The van der Waals surface area contributed by atoms with E-state index in [4.69, 9.17) is 9.15 Å². The monoisotopic (exact) mass is 367 g/mol. The maximum absolute atomic E-state index is 12.3. The number of carbonyl (C=O) groups is 1. The van der Waals surface area contributed by atoms with E-state index >= 15 is 0 Å². The molecule has 0 radical (unpaired) electrons. The topological polar surface area (TPSA) is 51.5 Å². The van der Waals surface area contributed by atoms with E-state index < -0.39 is 0 Å². The zero-order chi connectivity index (χ0) is 18.2. The predicted molar refractivity (Wildman–Crippen MR) is 104 cm³/mol. The Labute approximate surface area is 157 Å². The van der Waals surface area contributed by atoms with Gasteiger partial charge >= 0.3 is 0 Å². The zero-order valence-electron chi connectivity index (χ0n) is 14.6. The minimum absolute atomic E-state index is 0.216. The summed E-state index contributed by atoms with van der Waals surface area (Å²) in [4.78, 5) is 13.5. The number of rotatable bonds is 8. The van der Waals surface area contributed by atoms with Gasteiger partial charge in [-0.25, -0.2) is 0 Å². The molecule has 1 heterocycles. The summed E-state index contributed by atoms with van der Waals surface area (Å²) in [5.41, 5.74) is 2.03. The fourth-order valence-corrected chi connectivity index (χ4v) is 3.34. The maximum Gasteiger partial charge on any atom is 0.287 e. The summed E-state index contributed by atoms with van der Waals surface area (Å²) in [5, 5.41) is 2.84. The molecule has 2 aromatic carbocycles. The molecule has 0 aliphatic carbocycles. The van der Waals surface area contributed by atoms with E-state index in [0.29, 0.717) is 24.7 Å². The second-order valence-electron chi connectivity index (χ2n) is 5.80. The summed E-state index contributed by atoms with van der Waals surface area (Å²) < 4.78 is 11.0. The maximum atomic E-state index is 12.3. The number of aryl methyl sites for hydroxylation is 1. The first kappa shape index (κ1) is 18.1. The largest absolute Gasteiger partial charge is 0.492 e. The number of nitrogens with one attached hydrogen (secondary N) is 1. The highest BCUT2D eigenvalue weighted by atomic mass is 32.2. The Bertz CT molecular complexity index is 845. The van der Waals surface area contributed by atoms with E-state index in [1.54, 1.807) is 18.0 Å². The van der Waals surface area contributed by atoms with Crippen molar-refractivity contribution in [2.45, 2.75) is 17.6 Å². The molecule has 0 fully saturated rings. The highest BCUT2D eigenvalue weighted by molar-refractivity contribution is 7.98. The van der Waals surface area contributed by atoms with Crippen LogP contribution in [0.15, 0.2) is 76.2 Å². The molecule has 0 saturated carbocycles. The Morgan fingerprint density at radius 1 is 1.12 bits per heavy atom. The third kappa shape index (κ3) is 5.17. The Morgan fingerprint density at radius 3 is 2.77 bits per heavy atom. The zero-order valence-corrected chi connectivity index (χ0v) is 15.4. The Balaban J connectivity index is 1.47. The van der Waals surface area contributed by atoms with Gasteiger partial charge in [0.05, 0.1) is 12.8 Å². The number of hydrogen-bond donors (Lipinski definition) is 1. The van der Waals surface area contributed by atoms with Crippen LogP contribution in [0.1, 0.15) is 21.7 Å². The lowest BCUT2D eigenvalue weighted by Gasteiger charge is -2.08. The number of benzene rings is 2. The molecule has 1 aromatic heterocycles. The molecule has 0 atom stereocenters. The molecule has 4 nitrogen and oxygen atoms in total. The van der Waals surface area contributed by atoms with Gasteiger partial charge in [-0.3, -0.25) is 4.79 Å². The van der Waals surface area contributed by atoms with Gasteiger partial charge in [-0.1, -0.05) is 30.3 Å². The van der Waals surface area contributed by atoms with Gasteiger partial charge in [0.15, 0.2) is 5.76 Å². The molecule has 0 aliphatic heterocycles. The third-order valence-electron chi connectivity index (χ3n) is 3.74. The van der Waals surface area contributed by atoms with Gasteiger partial charge in [0, 0.05) is 16.2 Å². The lowest BCUT2D eigenvalue weighted by Crippen LogP contribution is -2.28. The lowest BCUT2D eigenvalue weighted by atomic mass is 10.2. The van der Waals surface area contributed by atoms with Gasteiger partial charge in [-0.15, -0.1) is 11.8 Å². The highest BCUT2D eigenvalue weighted by Crippen LogP contribution is 2.24. The van der Waals surface area contributed by atoms with Crippen molar-refractivity contribution in [1.29, 1.82) is 0 Å². The van der Waals surface area contributed by atoms with Crippen LogP contribution in [0.2, 0.25) is 0 Å². The lowest BCUT2D eigenvalue weighted by molar-refractivity contribution is 0.0918. The molecule has 0 bridgehead atoms. The van der Waals surface area contributed by atoms with Crippen LogP contribution in [0.25, 0.3) is 0 Å². The van der Waals surface area contributed by atoms with Crippen LogP contribution in [-0.2, 0) is 5.75 Å². The average molecular weight is 367 g/mol. The Hall–Kier alpha value is -2.66. The second-order valence-corrected chi connectivity index (χ2v) is 6.85. The third-order valence-corrected chi connectivity index (χ3v) is 4.80. The van der Waals surface area contributed by atoms with E-state index in [1.165, 1.54) is 0 Å². The van der Waals surface area contributed by atoms with E-state index in [0.717, 1.165) is 21.8 Å². The Kier molecular flexibility index (Phi) is 6.39. The summed E-state index contributed by atoms with van der Waals surface area (Å²) >= 11 is 1.67. The highest BCUT2D eigenvalue weighted by Gasteiger charge is 2.15. The van der Waals surface area contributed by atoms with E-state index in [-0.39, 0.29) is 5.91 Å². The summed E-state index contributed by atoms with van der Waals surface area (Å²) in [6.07, 6.45) is 1.55. The van der Waals surface area contributed by atoms with Crippen molar-refractivity contribution in [3.05, 3.63) is 83.8 Å². The summed E-state index contributed by atoms with van der Waals surface area (Å²) in [5.74, 6) is 1.64. The normalized spacial score (nSPS) is 10.5. The second kappa shape index (κ2) is 9.15. The minimum atomic E-state index is -0.216. The number of hydrogen-bond acceptors (Lipinski definition) is 4. The van der Waals surface area contributed by atoms with Crippen molar-refractivity contribution in [3.8, 4) is 5.75 Å². The first-order valence-electron chi connectivity index (χ1n) is 8.44. The quantitative estimate of drug-likeness (QED) is 0.464. The van der Waals surface area contributed by atoms with Crippen LogP contribution in [0.5, 0.6) is 5.75 Å². The fourth-order valence-electron chi connectivity index (χ4n) is 2.45. The van der Waals surface area contributed by atoms with Crippen molar-refractivity contribution in [3.63, 3.8) is 0 Å². The summed E-state index contributed by atoms with van der Waals surface area (Å²) in [6, 6.07) is 19.8. The molecule has 26 heavy (non-hydrogen) atoms. The standard InChI is InChI=1S/C21H21NO3S/c1-16-6-5-7-18(14-16)24-13-11-22-21(23)20-17(10-12-25-20)15-26-19-8-3-2-4-9-19/h2-10,12,14H,11,13,15H2,1H3,(H,22,23). The van der Waals surface area contributed by atoms with Gasteiger partial charge in [-0.05, 0) is 42.8 Å². The molecule has 1 N–H and O–H groups in total. The predicted octanol–water partition coefficient (Wildman–Crippen LogP) is 4.69. The first-order valence-corrected chi connectivity index (χ1v) is 9.43. The smallest absolute Gasteiger partial charge is 0.287 e. The van der Waals surface area contributed by atoms with Crippen LogP contribution in [0.3, 0.4) is 0 Å². The molecular weight excluding hydrogens is 346 g/mol. The number of furan rings is 1. The van der Waals surface area contributed by atoms with E-state index in [1.807, 2.05) is 67.6 Å². The molecule has 0 aliphatic rings. The van der Waals surface area contributed by atoms with E-state index in [2.05, 4.69) is 5.32 Å². The fraction of sp³-hybridized carbons (Fsp3) is 0.190. The summed E-state index contributed by atoms with van der Waals surface area (Å²) in [6.45, 7) is 2.84. The molecule has 5 heteroatoms. The van der Waals surface area contributed by atoms with Crippen LogP contribution in [-0.4, -0.2) is 19.1 Å². The summed E-state index contributed by atoms with van der Waals surface area (Å²) in [7, 11) is 0. The number of carbonyl (C=O) groups excluding carboxylic acids is 1. The van der Waals surface area contributed by atoms with Gasteiger partial charge in [0.2, 0.25) is 0 Å². The number of amides is 1. The van der Waals surface area contributed by atoms with Gasteiger partial charge in [0.25, 0.3) is 5.91 Å². The van der Waals surface area contributed by atoms with Crippen LogP contribution in [0, 0.1) is 6.92 Å². The molecular formula is C21H21NO3S. The van der Waals surface area contributed by atoms with Crippen molar-refractivity contribution < 1.29 is 13.9 Å². The van der Waals surface area contributed by atoms with Gasteiger partial charge in [-0.2, -0.15) is 0 Å². The van der Waals surface area contributed by atoms with Crippen molar-refractivity contribution in [1.82, 2.24) is 5.32 Å². The van der Waals surface area contributed by atoms with Crippen LogP contribution < -0.4 is 10.1 Å². The van der Waals surface area contributed by atoms with Crippen molar-refractivity contribution in [2.75, 3.05) is 13.2 Å². The van der Waals surface area contributed by atoms with Gasteiger partial charge < -0.3 is 14.5 Å². The molecule has 0 saturated heterocycles. The van der Waals surface area contributed by atoms with Crippen molar-refractivity contribution in [2.24, 2.45) is 0 Å². The average Bonchev–Trinajstić information content (AvgIpc) is 3.13. The van der Waals surface area contributed by atoms with E-state index in [9.17, 15) is 4.79 Å². The molecule has 1 amide bonds. The van der Waals surface area contributed by atoms with Crippen LogP contribution >= 0.6 is 11.8 Å². The van der Waals surface area contributed by atoms with Crippen molar-refractivity contribution >= 4 is 17.7 Å². The number of ether oxygens (including phenoxy) is 1. The molecule has 3 rings (SSSR count). The molecule has 0 unspecified atom stereocenters. The number of thioether (sulfide) groups is 1. The minimum Gasteiger partial charge on any atom is -0.492 e. The SMILES string of the molecule is Cc1cccc(OCCNC(=O)c2occc2CSc2ccccc2)c1. The van der Waals surface area contributed by atoms with Gasteiger partial charge in [0.1, 0.15) is 12.4 Å². The molecule has 0 spiro atoms.